The number of hydrogen-bond donors (Lipinski definition) is 2. The summed E-state index contributed by atoms with van der Waals surface area (Å²) in [6.45, 7) is 5.64. The quantitative estimate of drug-likeness (QED) is 0.736. The molecule has 102 valence electrons. The van der Waals surface area contributed by atoms with Crippen LogP contribution < -0.4 is 15.8 Å². The van der Waals surface area contributed by atoms with Crippen molar-refractivity contribution in [3.8, 4) is 5.75 Å². The third-order valence-corrected chi connectivity index (χ3v) is 2.50. The summed E-state index contributed by atoms with van der Waals surface area (Å²) in [4.78, 5) is 0. The lowest BCUT2D eigenvalue weighted by Crippen LogP contribution is -2.16. The minimum atomic E-state index is -0.440. The van der Waals surface area contributed by atoms with Gasteiger partial charge in [0.15, 0.2) is 11.6 Å². The summed E-state index contributed by atoms with van der Waals surface area (Å²) in [5, 5.41) is 3.17. The molecule has 0 bridgehead atoms. The summed E-state index contributed by atoms with van der Waals surface area (Å²) < 4.78 is 23.7. The van der Waals surface area contributed by atoms with Crippen molar-refractivity contribution in [3.63, 3.8) is 0 Å². The highest BCUT2D eigenvalue weighted by Gasteiger charge is 2.09. The van der Waals surface area contributed by atoms with E-state index in [9.17, 15) is 4.39 Å². The molecule has 5 heteroatoms. The number of ether oxygens (including phenoxy) is 2. The van der Waals surface area contributed by atoms with Crippen molar-refractivity contribution in [2.75, 3.05) is 37.9 Å². The normalized spacial score (nSPS) is 12.2. The molecule has 0 aliphatic rings. The van der Waals surface area contributed by atoms with Gasteiger partial charge in [-0.25, -0.2) is 4.39 Å². The number of benzene rings is 1. The number of nitrogens with two attached hydrogens (primary N) is 1. The molecular formula is C13H21FN2O2. The van der Waals surface area contributed by atoms with Crippen LogP contribution in [0.4, 0.5) is 15.8 Å². The molecule has 0 aromatic heterocycles. The summed E-state index contributed by atoms with van der Waals surface area (Å²) in [6.07, 6.45) is 0. The predicted octanol–water partition coefficient (Wildman–Crippen LogP) is 2.50. The Morgan fingerprint density at radius 3 is 2.78 bits per heavy atom. The van der Waals surface area contributed by atoms with E-state index in [1.807, 2.05) is 6.92 Å². The van der Waals surface area contributed by atoms with Gasteiger partial charge in [0, 0.05) is 25.8 Å². The third-order valence-electron chi connectivity index (χ3n) is 2.50. The number of rotatable bonds is 7. The van der Waals surface area contributed by atoms with Crippen molar-refractivity contribution in [1.82, 2.24) is 0 Å². The fraction of sp³-hybridized carbons (Fsp3) is 0.538. The molecule has 18 heavy (non-hydrogen) atoms. The van der Waals surface area contributed by atoms with Crippen molar-refractivity contribution >= 4 is 11.4 Å². The highest BCUT2D eigenvalue weighted by molar-refractivity contribution is 5.68. The first kappa shape index (κ1) is 14.6. The SMILES string of the molecule is CCOc1cc(NCC(C)COC)c(N)cc1F. The zero-order valence-corrected chi connectivity index (χ0v) is 11.1. The molecule has 0 saturated carbocycles. The first-order chi connectivity index (χ1) is 8.58. The Kier molecular flexibility index (Phi) is 5.71. The third kappa shape index (κ3) is 4.07. The smallest absolute Gasteiger partial charge is 0.167 e. The van der Waals surface area contributed by atoms with Gasteiger partial charge in [0.2, 0.25) is 0 Å². The molecule has 1 unspecified atom stereocenters. The molecule has 0 amide bonds. The highest BCUT2D eigenvalue weighted by atomic mass is 19.1. The molecule has 4 nitrogen and oxygen atoms in total. The van der Waals surface area contributed by atoms with Crippen LogP contribution in [0.3, 0.4) is 0 Å². The van der Waals surface area contributed by atoms with E-state index in [-0.39, 0.29) is 5.75 Å². The van der Waals surface area contributed by atoms with Crippen LogP contribution in [-0.2, 0) is 4.74 Å². The summed E-state index contributed by atoms with van der Waals surface area (Å²) in [5.41, 5.74) is 6.82. The van der Waals surface area contributed by atoms with Crippen LogP contribution in [0.15, 0.2) is 12.1 Å². The second-order valence-electron chi connectivity index (χ2n) is 4.24. The molecule has 0 fully saturated rings. The lowest BCUT2D eigenvalue weighted by Gasteiger charge is -2.15. The molecule has 1 atom stereocenters. The molecule has 0 saturated heterocycles. The van der Waals surface area contributed by atoms with E-state index in [2.05, 4.69) is 12.2 Å². The largest absolute Gasteiger partial charge is 0.491 e. The van der Waals surface area contributed by atoms with Gasteiger partial charge in [-0.05, 0) is 12.8 Å². The number of nitrogens with one attached hydrogen (secondary N) is 1. The van der Waals surface area contributed by atoms with Gasteiger partial charge in [0.1, 0.15) is 0 Å². The molecule has 1 aromatic carbocycles. The van der Waals surface area contributed by atoms with Gasteiger partial charge in [-0.3, -0.25) is 0 Å². The minimum absolute atomic E-state index is 0.216. The van der Waals surface area contributed by atoms with Gasteiger partial charge in [0.05, 0.1) is 24.6 Å². The summed E-state index contributed by atoms with van der Waals surface area (Å²) >= 11 is 0. The first-order valence-corrected chi connectivity index (χ1v) is 6.03. The monoisotopic (exact) mass is 256 g/mol. The van der Waals surface area contributed by atoms with Gasteiger partial charge in [0.25, 0.3) is 0 Å². The Hall–Kier alpha value is -1.49. The van der Waals surface area contributed by atoms with Crippen molar-refractivity contribution in [2.24, 2.45) is 5.92 Å². The van der Waals surface area contributed by atoms with Crippen molar-refractivity contribution in [3.05, 3.63) is 17.9 Å². The van der Waals surface area contributed by atoms with E-state index in [0.29, 0.717) is 37.1 Å². The van der Waals surface area contributed by atoms with Gasteiger partial charge < -0.3 is 20.5 Å². The van der Waals surface area contributed by atoms with Crippen LogP contribution in [0, 0.1) is 11.7 Å². The molecule has 0 radical (unpaired) electrons. The lowest BCUT2D eigenvalue weighted by molar-refractivity contribution is 0.164. The van der Waals surface area contributed by atoms with Crippen molar-refractivity contribution in [1.29, 1.82) is 0 Å². The van der Waals surface area contributed by atoms with Crippen LogP contribution in [-0.4, -0.2) is 26.9 Å². The Bertz CT molecular complexity index is 385. The van der Waals surface area contributed by atoms with Crippen LogP contribution in [0.2, 0.25) is 0 Å². The van der Waals surface area contributed by atoms with E-state index < -0.39 is 5.82 Å². The average molecular weight is 256 g/mol. The highest BCUT2D eigenvalue weighted by Crippen LogP contribution is 2.28. The number of halogens is 1. The van der Waals surface area contributed by atoms with E-state index in [0.717, 1.165) is 0 Å². The Morgan fingerprint density at radius 2 is 2.17 bits per heavy atom. The predicted molar refractivity (Wildman–Crippen MR) is 71.5 cm³/mol. The zero-order chi connectivity index (χ0) is 13.5. The zero-order valence-electron chi connectivity index (χ0n) is 11.1. The maximum Gasteiger partial charge on any atom is 0.167 e. The number of hydrogen-bond acceptors (Lipinski definition) is 4. The van der Waals surface area contributed by atoms with Crippen LogP contribution >= 0.6 is 0 Å². The molecule has 1 rings (SSSR count). The minimum Gasteiger partial charge on any atom is -0.491 e. The molecule has 0 spiro atoms. The molecule has 0 heterocycles. The van der Waals surface area contributed by atoms with Gasteiger partial charge in [-0.15, -0.1) is 0 Å². The second kappa shape index (κ2) is 7.06. The van der Waals surface area contributed by atoms with Gasteiger partial charge in [-0.2, -0.15) is 0 Å². The van der Waals surface area contributed by atoms with Gasteiger partial charge >= 0.3 is 0 Å². The van der Waals surface area contributed by atoms with E-state index >= 15 is 0 Å². The summed E-state index contributed by atoms with van der Waals surface area (Å²) in [5.74, 6) is 0.119. The fourth-order valence-electron chi connectivity index (χ4n) is 1.62. The number of anilines is 2. The van der Waals surface area contributed by atoms with Crippen LogP contribution in [0.5, 0.6) is 5.75 Å². The molecule has 3 N–H and O–H groups in total. The van der Waals surface area contributed by atoms with E-state index in [4.69, 9.17) is 15.2 Å². The standard InChI is InChI=1S/C13H21FN2O2/c1-4-18-13-6-12(11(15)5-10(13)14)16-7-9(2)8-17-3/h5-6,9,16H,4,7-8,15H2,1-3H3. The second-order valence-corrected chi connectivity index (χ2v) is 4.24. The molecular weight excluding hydrogens is 235 g/mol. The Labute approximate surface area is 107 Å². The summed E-state index contributed by atoms with van der Waals surface area (Å²) in [7, 11) is 1.66. The molecule has 1 aromatic rings. The average Bonchev–Trinajstić information content (AvgIpc) is 2.31. The lowest BCUT2D eigenvalue weighted by atomic mass is 10.2. The van der Waals surface area contributed by atoms with E-state index in [1.54, 1.807) is 13.2 Å². The van der Waals surface area contributed by atoms with Crippen LogP contribution in [0.1, 0.15) is 13.8 Å². The van der Waals surface area contributed by atoms with Crippen molar-refractivity contribution in [2.45, 2.75) is 13.8 Å². The molecule has 0 aliphatic carbocycles. The van der Waals surface area contributed by atoms with Crippen molar-refractivity contribution < 1.29 is 13.9 Å². The maximum absolute atomic E-state index is 13.5. The number of nitrogen functional groups attached to an aromatic ring is 1. The van der Waals surface area contributed by atoms with Crippen LogP contribution in [0.25, 0.3) is 0 Å². The van der Waals surface area contributed by atoms with Gasteiger partial charge in [-0.1, -0.05) is 6.92 Å². The maximum atomic E-state index is 13.5. The Morgan fingerprint density at radius 1 is 1.44 bits per heavy atom. The Balaban J connectivity index is 2.72. The summed E-state index contributed by atoms with van der Waals surface area (Å²) in [6, 6.07) is 2.86. The number of methoxy groups -OCH3 is 1. The topological polar surface area (TPSA) is 56.5 Å². The molecule has 0 aliphatic heterocycles. The first-order valence-electron chi connectivity index (χ1n) is 6.03. The van der Waals surface area contributed by atoms with E-state index in [1.165, 1.54) is 6.07 Å². The fourth-order valence-corrected chi connectivity index (χ4v) is 1.62.